The first kappa shape index (κ1) is 11.0. The third-order valence-corrected chi connectivity index (χ3v) is 1.62. The van der Waals surface area contributed by atoms with Crippen molar-refractivity contribution >= 4 is 5.97 Å². The van der Waals surface area contributed by atoms with E-state index in [0.29, 0.717) is 6.42 Å². The monoisotopic (exact) mass is 168 g/mol. The minimum Gasteiger partial charge on any atom is -0.481 e. The van der Waals surface area contributed by atoms with Gasteiger partial charge < -0.3 is 5.11 Å². The summed E-state index contributed by atoms with van der Waals surface area (Å²) in [5.74, 6) is 5.12. The average Bonchev–Trinajstić information content (AvgIpc) is 2.02. The molecular weight excluding hydrogens is 152 g/mol. The van der Waals surface area contributed by atoms with Crippen molar-refractivity contribution in [3.63, 3.8) is 0 Å². The van der Waals surface area contributed by atoms with Crippen LogP contribution in [0.5, 0.6) is 0 Å². The Bertz CT molecular complexity index is 174. The summed E-state index contributed by atoms with van der Waals surface area (Å²) in [4.78, 5) is 10.1. The number of rotatable bonds is 6. The van der Waals surface area contributed by atoms with Gasteiger partial charge in [0.25, 0.3) is 0 Å². The van der Waals surface area contributed by atoms with E-state index in [9.17, 15) is 4.79 Å². The third-order valence-electron chi connectivity index (χ3n) is 1.62. The van der Waals surface area contributed by atoms with Gasteiger partial charge in [0.2, 0.25) is 0 Å². The van der Waals surface area contributed by atoms with Gasteiger partial charge in [-0.05, 0) is 19.8 Å². The standard InChI is InChI=1S/C10H16O2/c1-2-3-4-5-6-7-8-9-10(11)12/h4-9H2,1H3,(H,11,12). The average molecular weight is 168 g/mol. The lowest BCUT2D eigenvalue weighted by atomic mass is 10.1. The number of carboxylic acid groups (broad SMARTS) is 1. The predicted octanol–water partition coefficient (Wildman–Crippen LogP) is 2.43. The zero-order valence-corrected chi connectivity index (χ0v) is 7.60. The van der Waals surface area contributed by atoms with Crippen LogP contribution < -0.4 is 0 Å². The van der Waals surface area contributed by atoms with Crippen LogP contribution in [0.3, 0.4) is 0 Å². The highest BCUT2D eigenvalue weighted by molar-refractivity contribution is 5.66. The molecular formula is C10H16O2. The second-order valence-electron chi connectivity index (χ2n) is 2.73. The first-order chi connectivity index (χ1) is 5.77. The highest BCUT2D eigenvalue weighted by Crippen LogP contribution is 2.04. The number of carbonyl (C=O) groups is 1. The molecule has 0 radical (unpaired) electrons. The van der Waals surface area contributed by atoms with Crippen LogP contribution in [0.15, 0.2) is 0 Å². The molecule has 0 unspecified atom stereocenters. The Balaban J connectivity index is 2.99. The van der Waals surface area contributed by atoms with Crippen LogP contribution >= 0.6 is 0 Å². The predicted molar refractivity (Wildman–Crippen MR) is 48.8 cm³/mol. The van der Waals surface area contributed by atoms with E-state index in [4.69, 9.17) is 5.11 Å². The smallest absolute Gasteiger partial charge is 0.303 e. The molecule has 1 N–H and O–H groups in total. The topological polar surface area (TPSA) is 37.3 Å². The number of aliphatic carboxylic acids is 1. The molecule has 0 aliphatic rings. The molecule has 68 valence electrons. The second kappa shape index (κ2) is 8.13. The van der Waals surface area contributed by atoms with Crippen LogP contribution in [0.1, 0.15) is 45.4 Å². The molecule has 0 spiro atoms. The van der Waals surface area contributed by atoms with Gasteiger partial charge in [0.05, 0.1) is 0 Å². The van der Waals surface area contributed by atoms with E-state index in [0.717, 1.165) is 32.1 Å². The van der Waals surface area contributed by atoms with Gasteiger partial charge in [0, 0.05) is 12.8 Å². The maximum absolute atomic E-state index is 10.1. The van der Waals surface area contributed by atoms with Gasteiger partial charge in [0.1, 0.15) is 0 Å². The van der Waals surface area contributed by atoms with E-state index < -0.39 is 5.97 Å². The zero-order valence-electron chi connectivity index (χ0n) is 7.60. The van der Waals surface area contributed by atoms with E-state index in [1.807, 2.05) is 6.92 Å². The molecule has 0 amide bonds. The molecule has 2 heteroatoms. The highest BCUT2D eigenvalue weighted by atomic mass is 16.4. The molecule has 12 heavy (non-hydrogen) atoms. The van der Waals surface area contributed by atoms with Gasteiger partial charge in [-0.3, -0.25) is 4.79 Å². The lowest BCUT2D eigenvalue weighted by Crippen LogP contribution is -1.93. The normalized spacial score (nSPS) is 8.75. The molecule has 0 aliphatic carbocycles. The molecule has 0 aliphatic heterocycles. The van der Waals surface area contributed by atoms with E-state index in [-0.39, 0.29) is 0 Å². The number of unbranched alkanes of at least 4 members (excludes halogenated alkanes) is 4. The van der Waals surface area contributed by atoms with Crippen molar-refractivity contribution < 1.29 is 9.90 Å². The van der Waals surface area contributed by atoms with Gasteiger partial charge in [-0.1, -0.05) is 12.8 Å². The lowest BCUT2D eigenvalue weighted by molar-refractivity contribution is -0.137. The van der Waals surface area contributed by atoms with Gasteiger partial charge in [0.15, 0.2) is 0 Å². The fraction of sp³-hybridized carbons (Fsp3) is 0.700. The summed E-state index contributed by atoms with van der Waals surface area (Å²) < 4.78 is 0. The van der Waals surface area contributed by atoms with Crippen molar-refractivity contribution in [2.75, 3.05) is 0 Å². The van der Waals surface area contributed by atoms with Crippen molar-refractivity contribution in [3.8, 4) is 11.8 Å². The number of hydrogen-bond acceptors (Lipinski definition) is 1. The Hall–Kier alpha value is -0.970. The van der Waals surface area contributed by atoms with Gasteiger partial charge >= 0.3 is 5.97 Å². The molecule has 0 aromatic heterocycles. The fourth-order valence-corrected chi connectivity index (χ4v) is 0.968. The maximum atomic E-state index is 10.1. The molecule has 0 saturated carbocycles. The molecule has 0 aromatic carbocycles. The molecule has 0 aromatic rings. The van der Waals surface area contributed by atoms with Crippen molar-refractivity contribution in [2.45, 2.75) is 45.4 Å². The van der Waals surface area contributed by atoms with Crippen molar-refractivity contribution in [2.24, 2.45) is 0 Å². The first-order valence-corrected chi connectivity index (χ1v) is 4.38. The summed E-state index contributed by atoms with van der Waals surface area (Å²) in [5.41, 5.74) is 0. The minimum absolute atomic E-state index is 0.305. The van der Waals surface area contributed by atoms with E-state index >= 15 is 0 Å². The highest BCUT2D eigenvalue weighted by Gasteiger charge is 1.95. The van der Waals surface area contributed by atoms with Crippen LogP contribution in [0.2, 0.25) is 0 Å². The Labute approximate surface area is 74.0 Å². The largest absolute Gasteiger partial charge is 0.481 e. The Morgan fingerprint density at radius 2 is 1.92 bits per heavy atom. The fourth-order valence-electron chi connectivity index (χ4n) is 0.968. The Morgan fingerprint density at radius 1 is 1.25 bits per heavy atom. The van der Waals surface area contributed by atoms with E-state index in [2.05, 4.69) is 11.8 Å². The van der Waals surface area contributed by atoms with E-state index in [1.165, 1.54) is 0 Å². The van der Waals surface area contributed by atoms with Crippen LogP contribution in [0, 0.1) is 11.8 Å². The Kier molecular flexibility index (Phi) is 7.47. The summed E-state index contributed by atoms with van der Waals surface area (Å²) in [5, 5.41) is 8.33. The molecule has 2 nitrogen and oxygen atoms in total. The van der Waals surface area contributed by atoms with E-state index in [1.54, 1.807) is 0 Å². The molecule has 0 bridgehead atoms. The van der Waals surface area contributed by atoms with Crippen LogP contribution in [-0.2, 0) is 4.79 Å². The van der Waals surface area contributed by atoms with Gasteiger partial charge in [-0.25, -0.2) is 0 Å². The van der Waals surface area contributed by atoms with Crippen molar-refractivity contribution in [3.05, 3.63) is 0 Å². The molecule has 0 rings (SSSR count). The SMILES string of the molecule is CC#CCCCCCCC(=O)O. The Morgan fingerprint density at radius 3 is 2.50 bits per heavy atom. The molecule has 0 saturated heterocycles. The molecule has 0 heterocycles. The molecule has 0 atom stereocenters. The quantitative estimate of drug-likeness (QED) is 0.488. The summed E-state index contributed by atoms with van der Waals surface area (Å²) in [6.45, 7) is 1.84. The maximum Gasteiger partial charge on any atom is 0.303 e. The molecule has 0 fully saturated rings. The van der Waals surface area contributed by atoms with Gasteiger partial charge in [-0.2, -0.15) is 0 Å². The van der Waals surface area contributed by atoms with Crippen molar-refractivity contribution in [1.29, 1.82) is 0 Å². The zero-order chi connectivity index (χ0) is 9.23. The lowest BCUT2D eigenvalue weighted by Gasteiger charge is -1.95. The number of carboxylic acids is 1. The summed E-state index contributed by atoms with van der Waals surface area (Å²) in [7, 11) is 0. The minimum atomic E-state index is -0.691. The summed E-state index contributed by atoms with van der Waals surface area (Å²) >= 11 is 0. The second-order valence-corrected chi connectivity index (χ2v) is 2.73. The summed E-state index contributed by atoms with van der Waals surface area (Å²) in [6, 6.07) is 0. The van der Waals surface area contributed by atoms with Crippen LogP contribution in [0.25, 0.3) is 0 Å². The van der Waals surface area contributed by atoms with Crippen LogP contribution in [0.4, 0.5) is 0 Å². The van der Waals surface area contributed by atoms with Gasteiger partial charge in [-0.15, -0.1) is 11.8 Å². The number of hydrogen-bond donors (Lipinski definition) is 1. The third kappa shape index (κ3) is 9.03. The van der Waals surface area contributed by atoms with Crippen LogP contribution in [-0.4, -0.2) is 11.1 Å². The summed E-state index contributed by atoms with van der Waals surface area (Å²) in [6.07, 6.45) is 5.26. The van der Waals surface area contributed by atoms with Crippen molar-refractivity contribution in [1.82, 2.24) is 0 Å². The first-order valence-electron chi connectivity index (χ1n) is 4.38.